The van der Waals surface area contributed by atoms with E-state index in [4.69, 9.17) is 4.74 Å². The number of aromatic nitrogens is 2. The summed E-state index contributed by atoms with van der Waals surface area (Å²) in [5, 5.41) is 2.89. The minimum absolute atomic E-state index is 0.0975. The number of nitrogens with one attached hydrogen (secondary N) is 1. The van der Waals surface area contributed by atoms with Crippen LogP contribution in [0.1, 0.15) is 16.7 Å². The Labute approximate surface area is 211 Å². The van der Waals surface area contributed by atoms with Crippen LogP contribution in [-0.4, -0.2) is 47.1 Å². The second kappa shape index (κ2) is 11.1. The summed E-state index contributed by atoms with van der Waals surface area (Å²) < 4.78 is 7.47. The average molecular weight is 482 g/mol. The van der Waals surface area contributed by atoms with Crippen molar-refractivity contribution in [1.29, 1.82) is 0 Å². The van der Waals surface area contributed by atoms with Crippen LogP contribution < -0.4 is 15.0 Å². The van der Waals surface area contributed by atoms with E-state index in [9.17, 15) is 4.79 Å². The van der Waals surface area contributed by atoms with Gasteiger partial charge < -0.3 is 19.5 Å². The molecule has 4 aromatic rings. The van der Waals surface area contributed by atoms with E-state index >= 15 is 0 Å². The monoisotopic (exact) mass is 481 g/mol. The number of anilines is 1. The van der Waals surface area contributed by atoms with Gasteiger partial charge in [0.25, 0.3) is 0 Å². The largest absolute Gasteiger partial charge is 0.497 e. The number of hydrogen-bond donors (Lipinski definition) is 1. The molecule has 36 heavy (non-hydrogen) atoms. The van der Waals surface area contributed by atoms with Crippen molar-refractivity contribution in [2.45, 2.75) is 19.6 Å². The van der Waals surface area contributed by atoms with E-state index in [1.807, 2.05) is 29.2 Å². The van der Waals surface area contributed by atoms with Gasteiger partial charge in [-0.15, -0.1) is 0 Å². The lowest BCUT2D eigenvalue weighted by molar-refractivity contribution is -0.124. The van der Waals surface area contributed by atoms with Gasteiger partial charge in [0.15, 0.2) is 0 Å². The SMILES string of the molecule is COc1cccc(CN(Cc2cccc(-n3ccnc3)c2)c2ccc(CN3CCNC(=O)C3)cc2)c1. The number of piperazine rings is 1. The van der Waals surface area contributed by atoms with Gasteiger partial charge in [0, 0.05) is 56.5 Å². The number of amides is 1. The van der Waals surface area contributed by atoms with Gasteiger partial charge in [-0.1, -0.05) is 36.4 Å². The maximum Gasteiger partial charge on any atom is 0.234 e. The Hall–Kier alpha value is -4.10. The molecule has 1 aliphatic heterocycles. The predicted molar refractivity (Wildman–Crippen MR) is 141 cm³/mol. The Morgan fingerprint density at radius 3 is 2.47 bits per heavy atom. The molecule has 5 rings (SSSR count). The topological polar surface area (TPSA) is 62.6 Å². The van der Waals surface area contributed by atoms with Crippen molar-refractivity contribution in [2.75, 3.05) is 31.6 Å². The molecule has 7 heteroatoms. The van der Waals surface area contributed by atoms with E-state index in [1.54, 1.807) is 13.3 Å². The lowest BCUT2D eigenvalue weighted by atomic mass is 10.1. The maximum absolute atomic E-state index is 11.7. The summed E-state index contributed by atoms with van der Waals surface area (Å²) in [6.07, 6.45) is 5.56. The van der Waals surface area contributed by atoms with Crippen LogP contribution in [0, 0.1) is 0 Å². The molecule has 3 aromatic carbocycles. The van der Waals surface area contributed by atoms with E-state index in [0.717, 1.165) is 43.3 Å². The number of hydrogen-bond acceptors (Lipinski definition) is 5. The molecule has 0 saturated carbocycles. The van der Waals surface area contributed by atoms with Crippen LogP contribution in [-0.2, 0) is 24.4 Å². The molecular weight excluding hydrogens is 450 g/mol. The van der Waals surface area contributed by atoms with Crippen LogP contribution in [0.15, 0.2) is 91.5 Å². The third kappa shape index (κ3) is 5.93. The zero-order valence-electron chi connectivity index (χ0n) is 20.5. The number of benzene rings is 3. The minimum Gasteiger partial charge on any atom is -0.497 e. The summed E-state index contributed by atoms with van der Waals surface area (Å²) in [6, 6.07) is 25.5. The molecule has 2 heterocycles. The number of rotatable bonds is 9. The number of ether oxygens (including phenoxy) is 1. The number of imidazole rings is 1. The molecule has 0 atom stereocenters. The minimum atomic E-state index is 0.0975. The maximum atomic E-state index is 11.7. The van der Waals surface area contributed by atoms with Crippen molar-refractivity contribution in [1.82, 2.24) is 19.8 Å². The van der Waals surface area contributed by atoms with Crippen molar-refractivity contribution >= 4 is 11.6 Å². The molecule has 1 aromatic heterocycles. The average Bonchev–Trinajstić information content (AvgIpc) is 3.45. The Morgan fingerprint density at radius 2 is 1.75 bits per heavy atom. The number of carbonyl (C=O) groups is 1. The molecular formula is C29H31N5O2. The van der Waals surface area contributed by atoms with E-state index in [1.165, 1.54) is 16.7 Å². The van der Waals surface area contributed by atoms with Crippen LogP contribution >= 0.6 is 0 Å². The van der Waals surface area contributed by atoms with E-state index in [2.05, 4.69) is 80.8 Å². The van der Waals surface area contributed by atoms with E-state index < -0.39 is 0 Å². The van der Waals surface area contributed by atoms with Crippen molar-refractivity contribution in [3.05, 3.63) is 108 Å². The first kappa shape index (κ1) is 23.6. The molecule has 0 aliphatic carbocycles. The molecule has 1 saturated heterocycles. The molecule has 7 nitrogen and oxygen atoms in total. The molecule has 1 aliphatic rings. The second-order valence-corrected chi connectivity index (χ2v) is 9.07. The van der Waals surface area contributed by atoms with Crippen LogP contribution in [0.25, 0.3) is 5.69 Å². The molecule has 1 amide bonds. The van der Waals surface area contributed by atoms with Crippen LogP contribution in [0.4, 0.5) is 5.69 Å². The smallest absolute Gasteiger partial charge is 0.234 e. The van der Waals surface area contributed by atoms with E-state index in [0.29, 0.717) is 13.1 Å². The van der Waals surface area contributed by atoms with Gasteiger partial charge in [0.1, 0.15) is 5.75 Å². The van der Waals surface area contributed by atoms with Gasteiger partial charge in [0.05, 0.1) is 20.0 Å². The van der Waals surface area contributed by atoms with Crippen molar-refractivity contribution < 1.29 is 9.53 Å². The first-order chi connectivity index (χ1) is 17.7. The summed E-state index contributed by atoms with van der Waals surface area (Å²) >= 11 is 0. The zero-order valence-corrected chi connectivity index (χ0v) is 20.5. The first-order valence-electron chi connectivity index (χ1n) is 12.2. The zero-order chi connectivity index (χ0) is 24.7. The molecule has 0 bridgehead atoms. The van der Waals surface area contributed by atoms with Gasteiger partial charge in [-0.25, -0.2) is 4.98 Å². The Morgan fingerprint density at radius 1 is 0.972 bits per heavy atom. The van der Waals surface area contributed by atoms with E-state index in [-0.39, 0.29) is 5.91 Å². The lowest BCUT2D eigenvalue weighted by Gasteiger charge is -2.28. The fraction of sp³-hybridized carbons (Fsp3) is 0.241. The number of nitrogens with zero attached hydrogens (tertiary/aromatic N) is 4. The van der Waals surface area contributed by atoms with Gasteiger partial charge in [-0.3, -0.25) is 9.69 Å². The number of methoxy groups -OCH3 is 1. The van der Waals surface area contributed by atoms with Crippen LogP contribution in [0.5, 0.6) is 5.75 Å². The third-order valence-electron chi connectivity index (χ3n) is 6.42. The standard InChI is InChI=1S/C29H31N5O2/c1-36-28-7-3-5-25(17-28)20-34(19-24-4-2-6-27(16-24)33-15-12-30-22-33)26-10-8-23(9-11-26)18-32-14-13-31-29(35)21-32/h2-12,15-17,22H,13-14,18-21H2,1H3,(H,31,35). The molecule has 0 spiro atoms. The molecule has 1 fully saturated rings. The fourth-order valence-corrected chi connectivity index (χ4v) is 4.57. The summed E-state index contributed by atoms with van der Waals surface area (Å²) in [6.45, 7) is 4.32. The van der Waals surface area contributed by atoms with Gasteiger partial charge >= 0.3 is 0 Å². The normalized spacial score (nSPS) is 13.9. The van der Waals surface area contributed by atoms with Crippen LogP contribution in [0.3, 0.4) is 0 Å². The van der Waals surface area contributed by atoms with Crippen LogP contribution in [0.2, 0.25) is 0 Å². The summed E-state index contributed by atoms with van der Waals surface area (Å²) in [5.74, 6) is 0.954. The van der Waals surface area contributed by atoms with Crippen molar-refractivity contribution in [3.8, 4) is 11.4 Å². The highest BCUT2D eigenvalue weighted by molar-refractivity contribution is 5.78. The summed E-state index contributed by atoms with van der Waals surface area (Å²) in [5.41, 5.74) is 5.84. The fourth-order valence-electron chi connectivity index (χ4n) is 4.57. The first-order valence-corrected chi connectivity index (χ1v) is 12.2. The molecule has 0 unspecified atom stereocenters. The Balaban J connectivity index is 1.38. The predicted octanol–water partition coefficient (Wildman–Crippen LogP) is 4.02. The van der Waals surface area contributed by atoms with Gasteiger partial charge in [0.2, 0.25) is 5.91 Å². The molecule has 1 N–H and O–H groups in total. The second-order valence-electron chi connectivity index (χ2n) is 9.07. The molecule has 184 valence electrons. The van der Waals surface area contributed by atoms with Crippen molar-refractivity contribution in [3.63, 3.8) is 0 Å². The summed E-state index contributed by atoms with van der Waals surface area (Å²) in [4.78, 5) is 20.5. The molecule has 0 radical (unpaired) electrons. The highest BCUT2D eigenvalue weighted by Crippen LogP contribution is 2.24. The summed E-state index contributed by atoms with van der Waals surface area (Å²) in [7, 11) is 1.70. The number of carbonyl (C=O) groups excluding carboxylic acids is 1. The van der Waals surface area contributed by atoms with Gasteiger partial charge in [-0.2, -0.15) is 0 Å². The third-order valence-corrected chi connectivity index (χ3v) is 6.42. The quantitative estimate of drug-likeness (QED) is 0.391. The van der Waals surface area contributed by atoms with Crippen molar-refractivity contribution in [2.24, 2.45) is 0 Å². The lowest BCUT2D eigenvalue weighted by Crippen LogP contribution is -2.47. The highest BCUT2D eigenvalue weighted by atomic mass is 16.5. The Bertz CT molecular complexity index is 1290. The Kier molecular flexibility index (Phi) is 7.28. The van der Waals surface area contributed by atoms with Gasteiger partial charge in [-0.05, 0) is 53.1 Å². The highest BCUT2D eigenvalue weighted by Gasteiger charge is 2.16.